The van der Waals surface area contributed by atoms with Crippen molar-refractivity contribution in [2.24, 2.45) is 5.92 Å². The van der Waals surface area contributed by atoms with Crippen molar-refractivity contribution in [3.8, 4) is 17.2 Å². The molecule has 1 atom stereocenters. The first kappa shape index (κ1) is 17.3. The average Bonchev–Trinajstić information content (AvgIpc) is 3.06. The van der Waals surface area contributed by atoms with E-state index in [0.717, 1.165) is 35.9 Å². The first-order valence-electron chi connectivity index (χ1n) is 9.00. The molecule has 2 aromatic carbocycles. The molecule has 1 aromatic heterocycles. The van der Waals surface area contributed by atoms with Crippen LogP contribution in [-0.2, 0) is 6.42 Å². The molecule has 1 heterocycles. The van der Waals surface area contributed by atoms with Crippen LogP contribution in [-0.4, -0.2) is 25.2 Å². The SMILES string of the molecule is CCCCC(CC)Cc1ccc(-n2nc3ccccc3n2)c(O)c1O. The number of phenols is 2. The Bertz CT molecular complexity index is 824. The summed E-state index contributed by atoms with van der Waals surface area (Å²) in [4.78, 5) is 1.37. The number of phenolic OH excluding ortho intramolecular Hbond substituents is 2. The van der Waals surface area contributed by atoms with Crippen molar-refractivity contribution in [1.29, 1.82) is 0 Å². The molecule has 0 aliphatic rings. The quantitative estimate of drug-likeness (QED) is 0.618. The third kappa shape index (κ3) is 3.60. The summed E-state index contributed by atoms with van der Waals surface area (Å²) in [5.41, 5.74) is 2.66. The summed E-state index contributed by atoms with van der Waals surface area (Å²) in [6.45, 7) is 4.36. The Morgan fingerprint density at radius 1 is 0.960 bits per heavy atom. The van der Waals surface area contributed by atoms with Gasteiger partial charge in [0.05, 0.1) is 0 Å². The van der Waals surface area contributed by atoms with Crippen LogP contribution in [0.15, 0.2) is 36.4 Å². The molecule has 0 bridgehead atoms. The largest absolute Gasteiger partial charge is 0.504 e. The topological polar surface area (TPSA) is 71.2 Å². The van der Waals surface area contributed by atoms with Gasteiger partial charge in [-0.1, -0.05) is 57.7 Å². The van der Waals surface area contributed by atoms with Crippen molar-refractivity contribution in [2.75, 3.05) is 0 Å². The Balaban J connectivity index is 1.89. The van der Waals surface area contributed by atoms with Gasteiger partial charge in [-0.2, -0.15) is 0 Å². The zero-order valence-electron chi connectivity index (χ0n) is 14.8. The predicted octanol–water partition coefficient (Wildman–Crippen LogP) is 4.59. The van der Waals surface area contributed by atoms with E-state index in [2.05, 4.69) is 24.0 Å². The zero-order valence-corrected chi connectivity index (χ0v) is 14.8. The van der Waals surface area contributed by atoms with Crippen LogP contribution in [0.1, 0.15) is 45.1 Å². The van der Waals surface area contributed by atoms with Gasteiger partial charge in [0.25, 0.3) is 0 Å². The van der Waals surface area contributed by atoms with Crippen LogP contribution in [0.4, 0.5) is 0 Å². The van der Waals surface area contributed by atoms with E-state index >= 15 is 0 Å². The summed E-state index contributed by atoms with van der Waals surface area (Å²) >= 11 is 0. The molecular formula is C20H25N3O2. The first-order valence-corrected chi connectivity index (χ1v) is 9.00. The summed E-state index contributed by atoms with van der Waals surface area (Å²) in [5, 5.41) is 29.7. The van der Waals surface area contributed by atoms with E-state index < -0.39 is 0 Å². The second-order valence-electron chi connectivity index (χ2n) is 6.54. The van der Waals surface area contributed by atoms with Gasteiger partial charge < -0.3 is 10.2 Å². The molecule has 3 aromatic rings. The molecule has 25 heavy (non-hydrogen) atoms. The fraction of sp³-hybridized carbons (Fsp3) is 0.400. The highest BCUT2D eigenvalue weighted by atomic mass is 16.3. The lowest BCUT2D eigenvalue weighted by Crippen LogP contribution is -2.05. The van der Waals surface area contributed by atoms with Gasteiger partial charge in [-0.05, 0) is 36.1 Å². The van der Waals surface area contributed by atoms with E-state index in [0.29, 0.717) is 11.6 Å². The maximum atomic E-state index is 10.5. The normalized spacial score (nSPS) is 12.6. The Hall–Kier alpha value is -2.56. The summed E-state index contributed by atoms with van der Waals surface area (Å²) in [6.07, 6.45) is 5.33. The van der Waals surface area contributed by atoms with Gasteiger partial charge in [-0.25, -0.2) is 0 Å². The lowest BCUT2D eigenvalue weighted by molar-refractivity contribution is 0.386. The predicted molar refractivity (Wildman–Crippen MR) is 99.2 cm³/mol. The maximum Gasteiger partial charge on any atom is 0.185 e. The average molecular weight is 339 g/mol. The highest BCUT2D eigenvalue weighted by molar-refractivity contribution is 5.73. The van der Waals surface area contributed by atoms with Crippen LogP contribution in [0, 0.1) is 5.92 Å². The molecule has 5 heteroatoms. The molecule has 0 aliphatic carbocycles. The van der Waals surface area contributed by atoms with Crippen molar-refractivity contribution >= 4 is 11.0 Å². The van der Waals surface area contributed by atoms with E-state index in [1.54, 1.807) is 6.07 Å². The van der Waals surface area contributed by atoms with Crippen LogP contribution < -0.4 is 0 Å². The molecule has 0 amide bonds. The number of hydrogen-bond acceptors (Lipinski definition) is 4. The molecule has 0 saturated carbocycles. The first-order chi connectivity index (χ1) is 12.1. The fourth-order valence-electron chi connectivity index (χ4n) is 3.16. The molecule has 0 saturated heterocycles. The van der Waals surface area contributed by atoms with Crippen LogP contribution in [0.5, 0.6) is 11.5 Å². The summed E-state index contributed by atoms with van der Waals surface area (Å²) < 4.78 is 0. The Kier molecular flexibility index (Phi) is 5.22. The van der Waals surface area contributed by atoms with Gasteiger partial charge in [0, 0.05) is 0 Å². The van der Waals surface area contributed by atoms with Crippen LogP contribution in [0.2, 0.25) is 0 Å². The number of rotatable bonds is 7. The van der Waals surface area contributed by atoms with Gasteiger partial charge >= 0.3 is 0 Å². The lowest BCUT2D eigenvalue weighted by atomic mass is 9.91. The Labute approximate surface area is 147 Å². The molecular weight excluding hydrogens is 314 g/mol. The molecule has 0 spiro atoms. The van der Waals surface area contributed by atoms with Crippen LogP contribution >= 0.6 is 0 Å². The van der Waals surface area contributed by atoms with Crippen LogP contribution in [0.25, 0.3) is 16.7 Å². The minimum absolute atomic E-state index is 0.0613. The van der Waals surface area contributed by atoms with E-state index in [4.69, 9.17) is 0 Å². The number of hydrogen-bond donors (Lipinski definition) is 2. The number of aromatic nitrogens is 3. The molecule has 0 aliphatic heterocycles. The van der Waals surface area contributed by atoms with Crippen molar-refractivity contribution in [3.05, 3.63) is 42.0 Å². The summed E-state index contributed by atoms with van der Waals surface area (Å²) in [6, 6.07) is 11.2. The van der Waals surface area contributed by atoms with Crippen molar-refractivity contribution in [1.82, 2.24) is 15.0 Å². The van der Waals surface area contributed by atoms with Crippen molar-refractivity contribution in [2.45, 2.75) is 46.0 Å². The number of nitrogens with zero attached hydrogens (tertiary/aromatic N) is 3. The molecule has 0 fully saturated rings. The summed E-state index contributed by atoms with van der Waals surface area (Å²) in [5.74, 6) is 0.290. The number of benzene rings is 2. The Morgan fingerprint density at radius 3 is 2.24 bits per heavy atom. The standard InChI is InChI=1S/C20H25N3O2/c1-3-5-8-14(4-2)13-15-11-12-18(20(25)19(15)24)23-21-16-9-6-7-10-17(16)22-23/h6-7,9-12,14,24-25H,3-5,8,13H2,1-2H3. The van der Waals surface area contributed by atoms with Crippen molar-refractivity contribution < 1.29 is 10.2 Å². The number of unbranched alkanes of at least 4 members (excludes halogenated alkanes) is 1. The van der Waals surface area contributed by atoms with E-state index in [1.165, 1.54) is 17.6 Å². The number of aromatic hydroxyl groups is 2. The molecule has 5 nitrogen and oxygen atoms in total. The maximum absolute atomic E-state index is 10.5. The highest BCUT2D eigenvalue weighted by Crippen LogP contribution is 2.36. The third-order valence-corrected chi connectivity index (χ3v) is 4.77. The van der Waals surface area contributed by atoms with Crippen LogP contribution in [0.3, 0.4) is 0 Å². The highest BCUT2D eigenvalue weighted by Gasteiger charge is 2.17. The van der Waals surface area contributed by atoms with Gasteiger partial charge in [-0.3, -0.25) is 0 Å². The molecule has 132 valence electrons. The molecule has 3 rings (SSSR count). The van der Waals surface area contributed by atoms with Gasteiger partial charge in [0.15, 0.2) is 11.5 Å². The van der Waals surface area contributed by atoms with E-state index in [9.17, 15) is 10.2 Å². The lowest BCUT2D eigenvalue weighted by Gasteiger charge is -2.16. The summed E-state index contributed by atoms with van der Waals surface area (Å²) in [7, 11) is 0. The molecule has 0 radical (unpaired) electrons. The second-order valence-corrected chi connectivity index (χ2v) is 6.54. The van der Waals surface area contributed by atoms with Gasteiger partial charge in [-0.15, -0.1) is 15.0 Å². The smallest absolute Gasteiger partial charge is 0.185 e. The zero-order chi connectivity index (χ0) is 17.8. The minimum atomic E-state index is -0.164. The van der Waals surface area contributed by atoms with Crippen molar-refractivity contribution in [3.63, 3.8) is 0 Å². The third-order valence-electron chi connectivity index (χ3n) is 4.77. The van der Waals surface area contributed by atoms with Gasteiger partial charge in [0.2, 0.25) is 0 Å². The minimum Gasteiger partial charge on any atom is -0.504 e. The monoisotopic (exact) mass is 339 g/mol. The number of fused-ring (bicyclic) bond motifs is 1. The molecule has 2 N–H and O–H groups in total. The van der Waals surface area contributed by atoms with Gasteiger partial charge in [0.1, 0.15) is 16.7 Å². The second kappa shape index (κ2) is 7.55. The Morgan fingerprint density at radius 2 is 1.64 bits per heavy atom. The van der Waals surface area contributed by atoms with E-state index in [1.807, 2.05) is 30.3 Å². The fourth-order valence-corrected chi connectivity index (χ4v) is 3.16. The van der Waals surface area contributed by atoms with E-state index in [-0.39, 0.29) is 11.5 Å². The molecule has 1 unspecified atom stereocenters.